The number of rotatable bonds is 3. The Morgan fingerprint density at radius 2 is 2.17 bits per heavy atom. The van der Waals surface area contributed by atoms with Gasteiger partial charge in [0.05, 0.1) is 6.20 Å². The van der Waals surface area contributed by atoms with E-state index in [-0.39, 0.29) is 5.69 Å². The number of aromatic nitrogens is 3. The van der Waals surface area contributed by atoms with Gasteiger partial charge in [-0.05, 0) is 26.0 Å². The fourth-order valence-corrected chi connectivity index (χ4v) is 1.49. The van der Waals surface area contributed by atoms with Crippen molar-refractivity contribution in [2.24, 2.45) is 0 Å². The molecule has 0 spiro atoms. The molecule has 94 valence electrons. The van der Waals surface area contributed by atoms with Crippen molar-refractivity contribution in [1.82, 2.24) is 14.8 Å². The van der Waals surface area contributed by atoms with E-state index in [4.69, 9.17) is 0 Å². The fourth-order valence-electron chi connectivity index (χ4n) is 1.49. The molecule has 0 aliphatic rings. The lowest BCUT2D eigenvalue weighted by atomic mass is 10.1. The minimum atomic E-state index is -1.36. The summed E-state index contributed by atoms with van der Waals surface area (Å²) in [7, 11) is 0. The lowest BCUT2D eigenvalue weighted by Gasteiger charge is -2.13. The van der Waals surface area contributed by atoms with Gasteiger partial charge in [-0.3, -0.25) is 4.79 Å². The lowest BCUT2D eigenvalue weighted by molar-refractivity contribution is 0.0695. The van der Waals surface area contributed by atoms with Crippen LogP contribution >= 0.6 is 0 Å². The van der Waals surface area contributed by atoms with Crippen LogP contribution in [0.5, 0.6) is 0 Å². The number of aliphatic hydroxyl groups is 1. The molecule has 0 aliphatic heterocycles. The first-order chi connectivity index (χ1) is 8.41. The smallest absolute Gasteiger partial charge is 0.167 e. The number of pyridine rings is 1. The molecule has 0 aliphatic carbocycles. The Morgan fingerprint density at radius 3 is 2.61 bits per heavy atom. The number of carbonyl (C=O) groups is 1. The molecule has 18 heavy (non-hydrogen) atoms. The molecule has 0 bridgehead atoms. The van der Waals surface area contributed by atoms with Gasteiger partial charge in [0.2, 0.25) is 0 Å². The highest BCUT2D eigenvalue weighted by Gasteiger charge is 2.25. The quantitative estimate of drug-likeness (QED) is 0.836. The van der Waals surface area contributed by atoms with E-state index in [1.54, 1.807) is 12.1 Å². The predicted molar refractivity (Wildman–Crippen MR) is 61.9 cm³/mol. The van der Waals surface area contributed by atoms with Crippen molar-refractivity contribution >= 4 is 6.29 Å². The van der Waals surface area contributed by atoms with E-state index in [1.165, 1.54) is 24.7 Å². The second-order valence-corrected chi connectivity index (χ2v) is 4.40. The molecule has 2 aromatic heterocycles. The number of hydrogen-bond acceptors (Lipinski definition) is 4. The van der Waals surface area contributed by atoms with E-state index in [2.05, 4.69) is 10.1 Å². The van der Waals surface area contributed by atoms with E-state index < -0.39 is 11.4 Å². The maximum absolute atomic E-state index is 13.6. The molecule has 0 atom stereocenters. The average Bonchev–Trinajstić information content (AvgIpc) is 2.71. The van der Waals surface area contributed by atoms with Gasteiger partial charge in [-0.25, -0.2) is 14.1 Å². The van der Waals surface area contributed by atoms with Crippen LogP contribution in [0.2, 0.25) is 0 Å². The second kappa shape index (κ2) is 4.30. The third kappa shape index (κ3) is 2.28. The summed E-state index contributed by atoms with van der Waals surface area (Å²) in [5.74, 6) is -0.237. The molecule has 0 saturated heterocycles. The molecule has 2 rings (SSSR count). The molecule has 0 aromatic carbocycles. The Labute approximate surface area is 103 Å². The van der Waals surface area contributed by atoms with Gasteiger partial charge >= 0.3 is 0 Å². The van der Waals surface area contributed by atoms with E-state index >= 15 is 0 Å². The second-order valence-electron chi connectivity index (χ2n) is 4.40. The predicted octanol–water partition coefficient (Wildman–Crippen LogP) is 1.45. The largest absolute Gasteiger partial charge is 0.384 e. The monoisotopic (exact) mass is 249 g/mol. The van der Waals surface area contributed by atoms with Crippen LogP contribution in [0.1, 0.15) is 29.9 Å². The van der Waals surface area contributed by atoms with Gasteiger partial charge in [-0.1, -0.05) is 0 Å². The molecule has 2 heterocycles. The zero-order chi connectivity index (χ0) is 13.3. The zero-order valence-electron chi connectivity index (χ0n) is 9.96. The van der Waals surface area contributed by atoms with Crippen molar-refractivity contribution in [2.45, 2.75) is 19.4 Å². The van der Waals surface area contributed by atoms with Crippen LogP contribution in [0.25, 0.3) is 5.82 Å². The van der Waals surface area contributed by atoms with E-state index in [9.17, 15) is 14.3 Å². The van der Waals surface area contributed by atoms with Crippen LogP contribution in [0, 0.1) is 5.82 Å². The average molecular weight is 249 g/mol. The van der Waals surface area contributed by atoms with Crippen LogP contribution in [-0.2, 0) is 5.60 Å². The third-order valence-corrected chi connectivity index (χ3v) is 2.39. The molecule has 5 nitrogen and oxygen atoms in total. The van der Waals surface area contributed by atoms with Crippen LogP contribution in [0.3, 0.4) is 0 Å². The molecule has 1 N–H and O–H groups in total. The highest BCUT2D eigenvalue weighted by molar-refractivity contribution is 5.74. The first-order valence-electron chi connectivity index (χ1n) is 5.31. The van der Waals surface area contributed by atoms with Crippen LogP contribution < -0.4 is 0 Å². The first-order valence-corrected chi connectivity index (χ1v) is 5.31. The van der Waals surface area contributed by atoms with E-state index in [0.29, 0.717) is 17.7 Å². The van der Waals surface area contributed by atoms with E-state index in [1.807, 2.05) is 0 Å². The van der Waals surface area contributed by atoms with Crippen molar-refractivity contribution in [3.63, 3.8) is 0 Å². The maximum atomic E-state index is 13.6. The Hall–Kier alpha value is -2.08. The summed E-state index contributed by atoms with van der Waals surface area (Å²) in [6.07, 6.45) is 3.17. The third-order valence-electron chi connectivity index (χ3n) is 2.39. The van der Waals surface area contributed by atoms with Gasteiger partial charge in [-0.2, -0.15) is 5.10 Å². The topological polar surface area (TPSA) is 68.0 Å². The van der Waals surface area contributed by atoms with Crippen molar-refractivity contribution in [3.8, 4) is 5.82 Å². The number of nitrogens with zero attached hydrogens (tertiary/aromatic N) is 3. The maximum Gasteiger partial charge on any atom is 0.167 e. The molecular formula is C12H12FN3O2. The van der Waals surface area contributed by atoms with Crippen LogP contribution in [0.15, 0.2) is 24.5 Å². The van der Waals surface area contributed by atoms with Crippen LogP contribution in [-0.4, -0.2) is 26.2 Å². The summed E-state index contributed by atoms with van der Waals surface area (Å²) < 4.78 is 14.8. The molecule has 0 unspecified atom stereocenters. The lowest BCUT2D eigenvalue weighted by Crippen LogP contribution is -2.18. The van der Waals surface area contributed by atoms with Crippen molar-refractivity contribution in [2.75, 3.05) is 0 Å². The molecular weight excluding hydrogens is 237 g/mol. The van der Waals surface area contributed by atoms with E-state index in [0.717, 1.165) is 6.20 Å². The van der Waals surface area contributed by atoms with Gasteiger partial charge in [0.1, 0.15) is 11.3 Å². The fraction of sp³-hybridized carbons (Fsp3) is 0.250. The summed E-state index contributed by atoms with van der Waals surface area (Å²) >= 11 is 0. The van der Waals surface area contributed by atoms with Crippen LogP contribution in [0.4, 0.5) is 4.39 Å². The summed E-state index contributed by atoms with van der Waals surface area (Å²) in [6.45, 7) is 2.90. The Bertz CT molecular complexity index is 570. The number of hydrogen-bond donors (Lipinski definition) is 1. The summed E-state index contributed by atoms with van der Waals surface area (Å²) in [5.41, 5.74) is -0.990. The molecule has 0 fully saturated rings. The standard InChI is InChI=1S/C12H12FN3O2/c1-12(2,18)11-9(13)6-16(15-11)10-4-3-8(7-17)5-14-10/h3-7,18H,1-2H3. The minimum Gasteiger partial charge on any atom is -0.384 e. The molecule has 0 amide bonds. The minimum absolute atomic E-state index is 0.0521. The highest BCUT2D eigenvalue weighted by Crippen LogP contribution is 2.21. The summed E-state index contributed by atoms with van der Waals surface area (Å²) in [4.78, 5) is 14.5. The Kier molecular flexibility index (Phi) is 2.96. The number of carbonyl (C=O) groups excluding carboxylic acids is 1. The number of halogens is 1. The summed E-state index contributed by atoms with van der Waals surface area (Å²) in [5, 5.41) is 13.7. The van der Waals surface area contributed by atoms with Gasteiger partial charge in [-0.15, -0.1) is 0 Å². The van der Waals surface area contributed by atoms with Crippen molar-refractivity contribution < 1.29 is 14.3 Å². The van der Waals surface area contributed by atoms with Crippen molar-refractivity contribution in [3.05, 3.63) is 41.6 Å². The van der Waals surface area contributed by atoms with Gasteiger partial charge < -0.3 is 5.11 Å². The van der Waals surface area contributed by atoms with Gasteiger partial charge in [0.25, 0.3) is 0 Å². The molecule has 2 aromatic rings. The van der Waals surface area contributed by atoms with Gasteiger partial charge in [0.15, 0.2) is 17.9 Å². The SMILES string of the molecule is CC(C)(O)c1nn(-c2ccc(C=O)cn2)cc1F. The first kappa shape index (κ1) is 12.4. The number of aldehydes is 1. The molecule has 0 saturated carbocycles. The summed E-state index contributed by atoms with van der Waals surface area (Å²) in [6, 6.07) is 3.10. The Morgan fingerprint density at radius 1 is 1.44 bits per heavy atom. The normalized spacial score (nSPS) is 11.6. The highest BCUT2D eigenvalue weighted by atomic mass is 19.1. The van der Waals surface area contributed by atoms with Crippen molar-refractivity contribution in [1.29, 1.82) is 0 Å². The molecule has 6 heteroatoms. The van der Waals surface area contributed by atoms with Gasteiger partial charge in [0, 0.05) is 11.8 Å². The zero-order valence-corrected chi connectivity index (χ0v) is 9.96. The Balaban J connectivity index is 2.42. The molecule has 0 radical (unpaired) electrons.